The first kappa shape index (κ1) is 17.8. The van der Waals surface area contributed by atoms with Crippen molar-refractivity contribution in [2.45, 2.75) is 19.7 Å². The Morgan fingerprint density at radius 1 is 1.00 bits per heavy atom. The highest BCUT2D eigenvalue weighted by molar-refractivity contribution is 5.84. The van der Waals surface area contributed by atoms with Crippen LogP contribution in [0.15, 0.2) is 85.3 Å². The molecule has 1 amide bonds. The molecule has 0 bridgehead atoms. The summed E-state index contributed by atoms with van der Waals surface area (Å²) in [6, 6.07) is 21.8. The van der Waals surface area contributed by atoms with Crippen LogP contribution in [-0.4, -0.2) is 15.5 Å². The zero-order chi connectivity index (χ0) is 19.2. The predicted octanol–water partition coefficient (Wildman–Crippen LogP) is 3.93. The number of nitrogens with one attached hydrogen (secondary N) is 1. The Morgan fingerprint density at radius 2 is 1.86 bits per heavy atom. The van der Waals surface area contributed by atoms with E-state index in [0.29, 0.717) is 13.2 Å². The van der Waals surface area contributed by atoms with Crippen molar-refractivity contribution >= 4 is 16.8 Å². The van der Waals surface area contributed by atoms with E-state index in [1.807, 2.05) is 77.5 Å². The Balaban J connectivity index is 1.38. The minimum atomic E-state index is -0.0363. The fourth-order valence-corrected chi connectivity index (χ4v) is 3.06. The van der Waals surface area contributed by atoms with Crippen LogP contribution in [0.3, 0.4) is 0 Å². The molecule has 0 atom stereocenters. The lowest BCUT2D eigenvalue weighted by Gasteiger charge is -2.09. The summed E-state index contributed by atoms with van der Waals surface area (Å²) in [7, 11) is 0. The third kappa shape index (κ3) is 4.38. The molecular weight excluding hydrogens is 350 g/mol. The summed E-state index contributed by atoms with van der Waals surface area (Å²) in [6.07, 6.45) is 5.40. The molecule has 2 heterocycles. The van der Waals surface area contributed by atoms with E-state index in [-0.39, 0.29) is 12.5 Å². The lowest BCUT2D eigenvalue weighted by atomic mass is 10.2. The average Bonchev–Trinajstić information content (AvgIpc) is 3.14. The van der Waals surface area contributed by atoms with E-state index in [4.69, 9.17) is 4.74 Å². The third-order valence-corrected chi connectivity index (χ3v) is 4.52. The largest absolute Gasteiger partial charge is 0.489 e. The van der Waals surface area contributed by atoms with Crippen LogP contribution >= 0.6 is 0 Å². The summed E-state index contributed by atoms with van der Waals surface area (Å²) >= 11 is 0. The van der Waals surface area contributed by atoms with Gasteiger partial charge >= 0.3 is 0 Å². The normalized spacial score (nSPS) is 10.7. The quantitative estimate of drug-likeness (QED) is 0.535. The fourth-order valence-electron chi connectivity index (χ4n) is 3.06. The Labute approximate surface area is 163 Å². The molecule has 140 valence electrons. The standard InChI is InChI=1S/C23H21N3O2/c27-23(25-15-19-7-4-11-24-14-19)16-26-12-10-20-13-21(8-9-22(20)26)28-17-18-5-2-1-3-6-18/h1-14H,15-17H2,(H,25,27). The highest BCUT2D eigenvalue weighted by Gasteiger charge is 2.07. The van der Waals surface area contributed by atoms with Gasteiger partial charge in [0.05, 0.1) is 0 Å². The number of ether oxygens (including phenoxy) is 1. The van der Waals surface area contributed by atoms with E-state index in [2.05, 4.69) is 10.3 Å². The van der Waals surface area contributed by atoms with Gasteiger partial charge in [0.2, 0.25) is 5.91 Å². The fraction of sp³-hybridized carbons (Fsp3) is 0.130. The van der Waals surface area contributed by atoms with Crippen LogP contribution in [0.1, 0.15) is 11.1 Å². The monoisotopic (exact) mass is 371 g/mol. The van der Waals surface area contributed by atoms with E-state index >= 15 is 0 Å². The van der Waals surface area contributed by atoms with Gasteiger partial charge in [0, 0.05) is 36.0 Å². The van der Waals surface area contributed by atoms with E-state index in [1.54, 1.807) is 12.4 Å². The second-order valence-electron chi connectivity index (χ2n) is 6.58. The predicted molar refractivity (Wildman–Crippen MR) is 109 cm³/mol. The highest BCUT2D eigenvalue weighted by atomic mass is 16.5. The molecule has 5 nitrogen and oxygen atoms in total. The van der Waals surface area contributed by atoms with Gasteiger partial charge < -0.3 is 14.6 Å². The molecule has 0 spiro atoms. The van der Waals surface area contributed by atoms with E-state index in [1.165, 1.54) is 0 Å². The van der Waals surface area contributed by atoms with Crippen LogP contribution in [0.2, 0.25) is 0 Å². The van der Waals surface area contributed by atoms with Gasteiger partial charge in [0.15, 0.2) is 0 Å². The first-order valence-corrected chi connectivity index (χ1v) is 9.19. The van der Waals surface area contributed by atoms with Gasteiger partial charge in [-0.05, 0) is 41.5 Å². The van der Waals surface area contributed by atoms with Gasteiger partial charge in [0.25, 0.3) is 0 Å². The molecule has 1 N–H and O–H groups in total. The molecule has 5 heteroatoms. The zero-order valence-corrected chi connectivity index (χ0v) is 15.4. The minimum absolute atomic E-state index is 0.0363. The Bertz CT molecular complexity index is 1060. The van der Waals surface area contributed by atoms with Crippen molar-refractivity contribution in [1.82, 2.24) is 14.9 Å². The third-order valence-electron chi connectivity index (χ3n) is 4.52. The summed E-state index contributed by atoms with van der Waals surface area (Å²) in [6.45, 7) is 1.28. The lowest BCUT2D eigenvalue weighted by Crippen LogP contribution is -2.26. The molecule has 4 rings (SSSR count). The van der Waals surface area contributed by atoms with Crippen LogP contribution in [0.4, 0.5) is 0 Å². The smallest absolute Gasteiger partial charge is 0.240 e. The SMILES string of the molecule is O=C(Cn1ccc2cc(OCc3ccccc3)ccc21)NCc1cccnc1. The van der Waals surface area contributed by atoms with E-state index < -0.39 is 0 Å². The summed E-state index contributed by atoms with van der Waals surface area (Å²) < 4.78 is 7.82. The van der Waals surface area contributed by atoms with Crippen molar-refractivity contribution in [2.75, 3.05) is 0 Å². The molecule has 0 fully saturated rings. The molecule has 2 aromatic heterocycles. The van der Waals surface area contributed by atoms with Gasteiger partial charge in [-0.1, -0.05) is 36.4 Å². The van der Waals surface area contributed by atoms with Crippen molar-refractivity contribution in [3.05, 3.63) is 96.4 Å². The molecule has 28 heavy (non-hydrogen) atoms. The lowest BCUT2D eigenvalue weighted by molar-refractivity contribution is -0.121. The second kappa shape index (κ2) is 8.39. The van der Waals surface area contributed by atoms with Crippen molar-refractivity contribution in [3.63, 3.8) is 0 Å². The molecule has 0 saturated carbocycles. The van der Waals surface area contributed by atoms with Crippen LogP contribution in [0.25, 0.3) is 10.9 Å². The number of nitrogens with zero attached hydrogens (tertiary/aromatic N) is 2. The highest BCUT2D eigenvalue weighted by Crippen LogP contribution is 2.23. The molecule has 0 aliphatic heterocycles. The number of carbonyl (C=O) groups excluding carboxylic acids is 1. The van der Waals surface area contributed by atoms with Crippen molar-refractivity contribution in [2.24, 2.45) is 0 Å². The van der Waals surface area contributed by atoms with Crippen molar-refractivity contribution in [3.8, 4) is 5.75 Å². The van der Waals surface area contributed by atoms with Crippen LogP contribution in [0.5, 0.6) is 5.75 Å². The van der Waals surface area contributed by atoms with Crippen LogP contribution in [0, 0.1) is 0 Å². The van der Waals surface area contributed by atoms with Gasteiger partial charge in [-0.25, -0.2) is 0 Å². The maximum absolute atomic E-state index is 12.3. The Hall–Kier alpha value is -3.60. The number of aromatic nitrogens is 2. The van der Waals surface area contributed by atoms with Gasteiger partial charge in [-0.2, -0.15) is 0 Å². The topological polar surface area (TPSA) is 56.1 Å². The van der Waals surface area contributed by atoms with Gasteiger partial charge in [-0.15, -0.1) is 0 Å². The molecule has 0 aliphatic rings. The maximum atomic E-state index is 12.3. The number of hydrogen-bond acceptors (Lipinski definition) is 3. The van der Waals surface area contributed by atoms with Gasteiger partial charge in [-0.3, -0.25) is 9.78 Å². The van der Waals surface area contributed by atoms with Crippen molar-refractivity contribution in [1.29, 1.82) is 0 Å². The Kier molecular flexibility index (Phi) is 5.33. The number of rotatable bonds is 7. The summed E-state index contributed by atoms with van der Waals surface area (Å²) in [5.41, 5.74) is 3.11. The molecule has 2 aromatic carbocycles. The molecule has 0 radical (unpaired) electrons. The second-order valence-corrected chi connectivity index (χ2v) is 6.58. The first-order valence-electron chi connectivity index (χ1n) is 9.19. The van der Waals surface area contributed by atoms with Gasteiger partial charge in [0.1, 0.15) is 18.9 Å². The number of hydrogen-bond donors (Lipinski definition) is 1. The van der Waals surface area contributed by atoms with E-state index in [0.717, 1.165) is 27.8 Å². The number of pyridine rings is 1. The zero-order valence-electron chi connectivity index (χ0n) is 15.4. The van der Waals surface area contributed by atoms with E-state index in [9.17, 15) is 4.79 Å². The summed E-state index contributed by atoms with van der Waals surface area (Å²) in [5.74, 6) is 0.779. The molecule has 0 saturated heterocycles. The number of amides is 1. The summed E-state index contributed by atoms with van der Waals surface area (Å²) in [4.78, 5) is 16.3. The number of fused-ring (bicyclic) bond motifs is 1. The minimum Gasteiger partial charge on any atom is -0.489 e. The number of carbonyl (C=O) groups is 1. The maximum Gasteiger partial charge on any atom is 0.240 e. The molecular formula is C23H21N3O2. The summed E-state index contributed by atoms with van der Waals surface area (Å²) in [5, 5.41) is 3.97. The number of benzene rings is 2. The molecule has 0 unspecified atom stereocenters. The first-order chi connectivity index (χ1) is 13.8. The van der Waals surface area contributed by atoms with Crippen LogP contribution < -0.4 is 10.1 Å². The van der Waals surface area contributed by atoms with Crippen LogP contribution in [-0.2, 0) is 24.5 Å². The molecule has 0 aliphatic carbocycles. The average molecular weight is 371 g/mol. The molecule has 4 aromatic rings. The van der Waals surface area contributed by atoms with Crippen molar-refractivity contribution < 1.29 is 9.53 Å². The Morgan fingerprint density at radius 3 is 2.68 bits per heavy atom.